The zero-order valence-electron chi connectivity index (χ0n) is 14.9. The Morgan fingerprint density at radius 1 is 1.24 bits per heavy atom. The summed E-state index contributed by atoms with van der Waals surface area (Å²) in [5.74, 6) is 0. The fraction of sp³-hybridized carbons (Fsp3) is 0.474. The summed E-state index contributed by atoms with van der Waals surface area (Å²) in [6, 6.07) is 11.1. The molecule has 1 fully saturated rings. The van der Waals surface area contributed by atoms with Gasteiger partial charge in [-0.05, 0) is 27.9 Å². The van der Waals surface area contributed by atoms with E-state index in [0.717, 1.165) is 44.7 Å². The van der Waals surface area contributed by atoms with E-state index in [1.807, 2.05) is 0 Å². The standard InChI is InChI=1S/C19H25BrN4O/c1-3-7-16-14-24(17-12-21-22(2)19(25)18(17)20)11-10-23(16)13-15-8-5-4-6-9-15/h4-6,8-9,12,16H,3,7,10-11,13-14H2,1-2H3. The number of piperazine rings is 1. The van der Waals surface area contributed by atoms with E-state index in [9.17, 15) is 4.79 Å². The Balaban J connectivity index is 1.77. The van der Waals surface area contributed by atoms with Gasteiger partial charge in [0.25, 0.3) is 5.56 Å². The van der Waals surface area contributed by atoms with Crippen molar-refractivity contribution in [3.05, 3.63) is 56.9 Å². The van der Waals surface area contributed by atoms with Crippen LogP contribution in [0, 0.1) is 0 Å². The van der Waals surface area contributed by atoms with Crippen molar-refractivity contribution in [1.29, 1.82) is 0 Å². The highest BCUT2D eigenvalue weighted by Gasteiger charge is 2.28. The molecule has 0 aliphatic carbocycles. The fourth-order valence-corrected chi connectivity index (χ4v) is 4.08. The number of nitrogens with zero attached hydrogens (tertiary/aromatic N) is 4. The Hall–Kier alpha value is -1.66. The van der Waals surface area contributed by atoms with Gasteiger partial charge in [-0.1, -0.05) is 43.7 Å². The predicted molar refractivity (Wildman–Crippen MR) is 105 cm³/mol. The van der Waals surface area contributed by atoms with Crippen molar-refractivity contribution in [2.45, 2.75) is 32.4 Å². The maximum absolute atomic E-state index is 12.2. The van der Waals surface area contributed by atoms with E-state index in [4.69, 9.17) is 0 Å². The molecule has 0 saturated carbocycles. The van der Waals surface area contributed by atoms with Gasteiger partial charge in [-0.15, -0.1) is 0 Å². The molecule has 0 radical (unpaired) electrons. The van der Waals surface area contributed by atoms with Crippen molar-refractivity contribution in [3.8, 4) is 0 Å². The summed E-state index contributed by atoms with van der Waals surface area (Å²) in [5.41, 5.74) is 2.17. The number of hydrogen-bond acceptors (Lipinski definition) is 4. The van der Waals surface area contributed by atoms with E-state index in [0.29, 0.717) is 10.5 Å². The van der Waals surface area contributed by atoms with Crippen molar-refractivity contribution in [1.82, 2.24) is 14.7 Å². The van der Waals surface area contributed by atoms with E-state index >= 15 is 0 Å². The number of halogens is 1. The smallest absolute Gasteiger partial charge is 0.282 e. The van der Waals surface area contributed by atoms with Crippen LogP contribution in [0.1, 0.15) is 25.3 Å². The Bertz CT molecular complexity index is 762. The summed E-state index contributed by atoms with van der Waals surface area (Å²) >= 11 is 3.47. The van der Waals surface area contributed by atoms with Gasteiger partial charge in [0.05, 0.1) is 11.9 Å². The maximum atomic E-state index is 12.2. The number of hydrogen-bond donors (Lipinski definition) is 0. The van der Waals surface area contributed by atoms with Crippen molar-refractivity contribution in [3.63, 3.8) is 0 Å². The molecule has 3 rings (SSSR count). The van der Waals surface area contributed by atoms with E-state index < -0.39 is 0 Å². The number of aryl methyl sites for hydroxylation is 1. The molecule has 0 amide bonds. The molecular weight excluding hydrogens is 380 g/mol. The van der Waals surface area contributed by atoms with Gasteiger partial charge in [-0.25, -0.2) is 4.68 Å². The average Bonchev–Trinajstić information content (AvgIpc) is 2.63. The average molecular weight is 405 g/mol. The Morgan fingerprint density at radius 2 is 2.00 bits per heavy atom. The van der Waals surface area contributed by atoms with Crippen LogP contribution in [0.4, 0.5) is 5.69 Å². The van der Waals surface area contributed by atoms with Crippen LogP contribution in [-0.2, 0) is 13.6 Å². The third kappa shape index (κ3) is 4.12. The van der Waals surface area contributed by atoms with Gasteiger partial charge in [0, 0.05) is 39.3 Å². The lowest BCUT2D eigenvalue weighted by Gasteiger charge is -2.42. The lowest BCUT2D eigenvalue weighted by Crippen LogP contribution is -2.53. The minimum absolute atomic E-state index is 0.0868. The van der Waals surface area contributed by atoms with Gasteiger partial charge < -0.3 is 4.90 Å². The molecule has 134 valence electrons. The number of aromatic nitrogens is 2. The molecule has 0 N–H and O–H groups in total. The SMILES string of the molecule is CCCC1CN(c2cnn(C)c(=O)c2Br)CCN1Cc1ccccc1. The Kier molecular flexibility index (Phi) is 5.91. The van der Waals surface area contributed by atoms with E-state index in [2.05, 4.69) is 68.1 Å². The fourth-order valence-electron chi connectivity index (χ4n) is 3.47. The molecule has 1 unspecified atom stereocenters. The predicted octanol–water partition coefficient (Wildman–Crippen LogP) is 3.03. The van der Waals surface area contributed by atoms with Crippen LogP contribution in [0.3, 0.4) is 0 Å². The first kappa shape index (κ1) is 18.1. The summed E-state index contributed by atoms with van der Waals surface area (Å²) in [4.78, 5) is 17.0. The summed E-state index contributed by atoms with van der Waals surface area (Å²) in [6.07, 6.45) is 4.10. The first-order valence-electron chi connectivity index (χ1n) is 8.85. The third-order valence-electron chi connectivity index (χ3n) is 4.86. The summed E-state index contributed by atoms with van der Waals surface area (Å²) in [7, 11) is 1.68. The van der Waals surface area contributed by atoms with Crippen molar-refractivity contribution in [2.75, 3.05) is 24.5 Å². The van der Waals surface area contributed by atoms with Gasteiger partial charge in [-0.3, -0.25) is 9.69 Å². The van der Waals surface area contributed by atoms with Crippen LogP contribution in [-0.4, -0.2) is 40.4 Å². The van der Waals surface area contributed by atoms with Crippen LogP contribution in [0.5, 0.6) is 0 Å². The lowest BCUT2D eigenvalue weighted by molar-refractivity contribution is 0.158. The third-order valence-corrected chi connectivity index (χ3v) is 5.60. The maximum Gasteiger partial charge on any atom is 0.282 e. The molecule has 1 aliphatic rings. The molecule has 0 bridgehead atoms. The Labute approximate surface area is 157 Å². The van der Waals surface area contributed by atoms with Crippen molar-refractivity contribution >= 4 is 21.6 Å². The molecule has 25 heavy (non-hydrogen) atoms. The molecule has 1 aromatic heterocycles. The first-order valence-corrected chi connectivity index (χ1v) is 9.64. The van der Waals surface area contributed by atoms with Gasteiger partial charge in [0.1, 0.15) is 4.47 Å². The first-order chi connectivity index (χ1) is 12.1. The molecule has 2 heterocycles. The Morgan fingerprint density at radius 3 is 2.72 bits per heavy atom. The minimum Gasteiger partial charge on any atom is -0.366 e. The summed E-state index contributed by atoms with van der Waals surface area (Å²) in [5, 5.41) is 4.19. The highest BCUT2D eigenvalue weighted by atomic mass is 79.9. The van der Waals surface area contributed by atoms with E-state index in [1.165, 1.54) is 10.2 Å². The van der Waals surface area contributed by atoms with Crippen molar-refractivity contribution in [2.24, 2.45) is 7.05 Å². The lowest BCUT2D eigenvalue weighted by atomic mass is 10.0. The minimum atomic E-state index is -0.0868. The van der Waals surface area contributed by atoms with Crippen LogP contribution < -0.4 is 10.5 Å². The van der Waals surface area contributed by atoms with Crippen LogP contribution in [0.2, 0.25) is 0 Å². The largest absolute Gasteiger partial charge is 0.366 e. The second kappa shape index (κ2) is 8.15. The number of rotatable bonds is 5. The summed E-state index contributed by atoms with van der Waals surface area (Å²) < 4.78 is 1.97. The monoisotopic (exact) mass is 404 g/mol. The number of anilines is 1. The van der Waals surface area contributed by atoms with Crippen LogP contribution in [0.25, 0.3) is 0 Å². The van der Waals surface area contributed by atoms with Crippen LogP contribution >= 0.6 is 15.9 Å². The zero-order chi connectivity index (χ0) is 17.8. The second-order valence-electron chi connectivity index (χ2n) is 6.62. The molecule has 1 atom stereocenters. The van der Waals surface area contributed by atoms with Gasteiger partial charge >= 0.3 is 0 Å². The normalized spacial score (nSPS) is 18.5. The second-order valence-corrected chi connectivity index (χ2v) is 7.41. The van der Waals surface area contributed by atoms with Gasteiger partial charge in [0.15, 0.2) is 0 Å². The molecular formula is C19H25BrN4O. The molecule has 1 saturated heterocycles. The molecule has 0 spiro atoms. The topological polar surface area (TPSA) is 41.4 Å². The van der Waals surface area contributed by atoms with E-state index in [1.54, 1.807) is 13.2 Å². The van der Waals surface area contributed by atoms with E-state index in [-0.39, 0.29) is 5.56 Å². The molecule has 1 aliphatic heterocycles. The van der Waals surface area contributed by atoms with Crippen molar-refractivity contribution < 1.29 is 0 Å². The molecule has 6 heteroatoms. The quantitative estimate of drug-likeness (QED) is 0.767. The summed E-state index contributed by atoms with van der Waals surface area (Å²) in [6.45, 7) is 6.03. The molecule has 5 nitrogen and oxygen atoms in total. The van der Waals surface area contributed by atoms with Gasteiger partial charge in [0.2, 0.25) is 0 Å². The highest BCUT2D eigenvalue weighted by Crippen LogP contribution is 2.26. The molecule has 1 aromatic carbocycles. The zero-order valence-corrected chi connectivity index (χ0v) is 16.4. The number of benzene rings is 1. The highest BCUT2D eigenvalue weighted by molar-refractivity contribution is 9.10. The van der Waals surface area contributed by atoms with Gasteiger partial charge in [-0.2, -0.15) is 5.10 Å². The molecule has 2 aromatic rings. The van der Waals surface area contributed by atoms with Crippen LogP contribution in [0.15, 0.2) is 45.8 Å².